The molecule has 0 radical (unpaired) electrons. The normalized spacial score (nSPS) is 12.3. The first-order chi connectivity index (χ1) is 17.1. The molecule has 178 valence electrons. The van der Waals surface area contributed by atoms with Gasteiger partial charge < -0.3 is 23.4 Å². The standard InChI is InChI=1S/C26H21BrN2O6/c1-2-31-23-9-16(3-6-21(23)32-14-17-4-7-22-24(10-17)34-15-33-22)13-28-29-26(30)25-12-18-11-19(27)5-8-20(18)35-25/h3-13H,2,14-15H2,1H3,(H,29,30)/b28-13+. The summed E-state index contributed by atoms with van der Waals surface area (Å²) in [5.41, 5.74) is 4.79. The number of hydrazone groups is 1. The highest BCUT2D eigenvalue weighted by molar-refractivity contribution is 9.10. The van der Waals surface area contributed by atoms with Crippen molar-refractivity contribution in [2.24, 2.45) is 5.10 Å². The van der Waals surface area contributed by atoms with Crippen molar-refractivity contribution in [2.75, 3.05) is 13.4 Å². The lowest BCUT2D eigenvalue weighted by Crippen LogP contribution is -2.16. The Labute approximate surface area is 209 Å². The zero-order valence-electron chi connectivity index (χ0n) is 18.7. The van der Waals surface area contributed by atoms with E-state index in [1.54, 1.807) is 24.3 Å². The van der Waals surface area contributed by atoms with E-state index in [9.17, 15) is 4.79 Å². The molecule has 4 aromatic rings. The largest absolute Gasteiger partial charge is 0.490 e. The van der Waals surface area contributed by atoms with Gasteiger partial charge in [0.1, 0.15) is 12.2 Å². The molecule has 1 aliphatic rings. The van der Waals surface area contributed by atoms with Crippen LogP contribution >= 0.6 is 15.9 Å². The van der Waals surface area contributed by atoms with Crippen LogP contribution in [-0.4, -0.2) is 25.5 Å². The lowest BCUT2D eigenvalue weighted by atomic mass is 10.2. The quantitative estimate of drug-likeness (QED) is 0.230. The molecule has 8 nitrogen and oxygen atoms in total. The summed E-state index contributed by atoms with van der Waals surface area (Å²) in [6.07, 6.45) is 1.53. The summed E-state index contributed by atoms with van der Waals surface area (Å²) in [4.78, 5) is 12.4. The summed E-state index contributed by atoms with van der Waals surface area (Å²) in [5.74, 6) is 2.35. The third-order valence-electron chi connectivity index (χ3n) is 5.18. The molecule has 0 unspecified atom stereocenters. The van der Waals surface area contributed by atoms with E-state index >= 15 is 0 Å². The van der Waals surface area contributed by atoms with Gasteiger partial charge in [-0.2, -0.15) is 5.10 Å². The molecule has 9 heteroatoms. The highest BCUT2D eigenvalue weighted by atomic mass is 79.9. The molecule has 0 aliphatic carbocycles. The van der Waals surface area contributed by atoms with Crippen molar-refractivity contribution in [3.8, 4) is 23.0 Å². The zero-order chi connectivity index (χ0) is 24.2. The molecule has 2 heterocycles. The maximum atomic E-state index is 12.4. The Hall–Kier alpha value is -3.98. The molecule has 1 aromatic heterocycles. The van der Waals surface area contributed by atoms with Crippen LogP contribution < -0.4 is 24.4 Å². The number of amides is 1. The van der Waals surface area contributed by atoms with Crippen LogP contribution in [0.3, 0.4) is 0 Å². The van der Waals surface area contributed by atoms with Gasteiger partial charge in [0, 0.05) is 9.86 Å². The molecule has 1 N–H and O–H groups in total. The molecular weight excluding hydrogens is 516 g/mol. The number of rotatable bonds is 8. The van der Waals surface area contributed by atoms with Crippen LogP contribution in [0.25, 0.3) is 11.0 Å². The van der Waals surface area contributed by atoms with Crippen molar-refractivity contribution >= 4 is 39.0 Å². The van der Waals surface area contributed by atoms with Crippen LogP contribution in [0.1, 0.15) is 28.6 Å². The van der Waals surface area contributed by atoms with Crippen molar-refractivity contribution in [2.45, 2.75) is 13.5 Å². The van der Waals surface area contributed by atoms with Gasteiger partial charge in [-0.1, -0.05) is 22.0 Å². The number of hydrogen-bond acceptors (Lipinski definition) is 7. The minimum atomic E-state index is -0.442. The van der Waals surface area contributed by atoms with E-state index in [0.717, 1.165) is 26.7 Å². The van der Waals surface area contributed by atoms with Crippen molar-refractivity contribution < 1.29 is 28.2 Å². The molecule has 0 spiro atoms. The van der Waals surface area contributed by atoms with Crippen LogP contribution in [0.4, 0.5) is 0 Å². The van der Waals surface area contributed by atoms with Gasteiger partial charge in [-0.25, -0.2) is 5.43 Å². The predicted octanol–water partition coefficient (Wildman–Crippen LogP) is 5.67. The average Bonchev–Trinajstić information content (AvgIpc) is 3.50. The van der Waals surface area contributed by atoms with Gasteiger partial charge in [0.15, 0.2) is 28.8 Å². The van der Waals surface area contributed by atoms with Crippen LogP contribution in [0, 0.1) is 0 Å². The molecule has 35 heavy (non-hydrogen) atoms. The number of nitrogens with one attached hydrogen (secondary N) is 1. The Bertz CT molecular complexity index is 1410. The summed E-state index contributed by atoms with van der Waals surface area (Å²) in [6.45, 7) is 2.94. The Morgan fingerprint density at radius 3 is 2.80 bits per heavy atom. The van der Waals surface area contributed by atoms with Crippen molar-refractivity contribution in [3.05, 3.63) is 82.0 Å². The fourth-order valence-corrected chi connectivity index (χ4v) is 3.91. The summed E-state index contributed by atoms with van der Waals surface area (Å²) in [7, 11) is 0. The molecule has 0 atom stereocenters. The van der Waals surface area contributed by atoms with Crippen LogP contribution in [-0.2, 0) is 6.61 Å². The highest BCUT2D eigenvalue weighted by Crippen LogP contribution is 2.34. The average molecular weight is 537 g/mol. The lowest BCUT2D eigenvalue weighted by Gasteiger charge is -2.13. The predicted molar refractivity (Wildman–Crippen MR) is 133 cm³/mol. The molecule has 0 saturated carbocycles. The molecule has 0 fully saturated rings. The number of ether oxygens (including phenoxy) is 4. The first-order valence-corrected chi connectivity index (χ1v) is 11.7. The Kier molecular flexibility index (Phi) is 6.58. The molecule has 0 bridgehead atoms. The summed E-state index contributed by atoms with van der Waals surface area (Å²) in [6, 6.07) is 18.3. The van der Waals surface area contributed by atoms with Gasteiger partial charge in [-0.15, -0.1) is 0 Å². The number of furan rings is 1. The van der Waals surface area contributed by atoms with E-state index in [1.165, 1.54) is 6.21 Å². The number of benzene rings is 3. The maximum absolute atomic E-state index is 12.4. The maximum Gasteiger partial charge on any atom is 0.307 e. The van der Waals surface area contributed by atoms with Gasteiger partial charge in [-0.05, 0) is 72.6 Å². The monoisotopic (exact) mass is 536 g/mol. The van der Waals surface area contributed by atoms with Crippen molar-refractivity contribution in [1.29, 1.82) is 0 Å². The number of carbonyl (C=O) groups excluding carboxylic acids is 1. The summed E-state index contributed by atoms with van der Waals surface area (Å²) >= 11 is 3.41. The van der Waals surface area contributed by atoms with Gasteiger partial charge in [0.05, 0.1) is 12.8 Å². The number of halogens is 1. The van der Waals surface area contributed by atoms with Crippen LogP contribution in [0.2, 0.25) is 0 Å². The van der Waals surface area contributed by atoms with E-state index in [2.05, 4.69) is 26.5 Å². The smallest absolute Gasteiger partial charge is 0.307 e. The fourth-order valence-electron chi connectivity index (χ4n) is 3.53. The number of nitrogens with zero attached hydrogens (tertiary/aromatic N) is 1. The second-order valence-electron chi connectivity index (χ2n) is 7.61. The van der Waals surface area contributed by atoms with Gasteiger partial charge in [0.25, 0.3) is 0 Å². The van der Waals surface area contributed by atoms with Crippen molar-refractivity contribution in [3.63, 3.8) is 0 Å². The highest BCUT2D eigenvalue weighted by Gasteiger charge is 2.14. The van der Waals surface area contributed by atoms with Crippen molar-refractivity contribution in [1.82, 2.24) is 5.43 Å². The van der Waals surface area contributed by atoms with E-state index in [-0.39, 0.29) is 12.6 Å². The summed E-state index contributed by atoms with van der Waals surface area (Å²) in [5, 5.41) is 4.87. The summed E-state index contributed by atoms with van der Waals surface area (Å²) < 4.78 is 29.0. The second kappa shape index (κ2) is 10.1. The molecule has 1 amide bonds. The number of fused-ring (bicyclic) bond motifs is 2. The lowest BCUT2D eigenvalue weighted by molar-refractivity contribution is 0.0929. The van der Waals surface area contributed by atoms with E-state index in [1.807, 2.05) is 43.3 Å². The Morgan fingerprint density at radius 2 is 1.91 bits per heavy atom. The Balaban J connectivity index is 1.24. The van der Waals surface area contributed by atoms with Crippen LogP contribution in [0.5, 0.6) is 23.0 Å². The first kappa shape index (κ1) is 22.8. The van der Waals surface area contributed by atoms with E-state index < -0.39 is 5.91 Å². The third-order valence-corrected chi connectivity index (χ3v) is 5.67. The number of hydrogen-bond donors (Lipinski definition) is 1. The zero-order valence-corrected chi connectivity index (χ0v) is 20.3. The molecule has 3 aromatic carbocycles. The second-order valence-corrected chi connectivity index (χ2v) is 8.52. The Morgan fingerprint density at radius 1 is 1.03 bits per heavy atom. The molecule has 5 rings (SSSR count). The van der Waals surface area contributed by atoms with Gasteiger partial charge in [-0.3, -0.25) is 4.79 Å². The van der Waals surface area contributed by atoms with E-state index in [4.69, 9.17) is 23.4 Å². The third kappa shape index (κ3) is 5.25. The molecule has 0 saturated heterocycles. The minimum Gasteiger partial charge on any atom is -0.490 e. The minimum absolute atomic E-state index is 0.178. The topological polar surface area (TPSA) is 91.5 Å². The molecule has 1 aliphatic heterocycles. The molecular formula is C26H21BrN2O6. The SMILES string of the molecule is CCOc1cc(/C=N/NC(=O)c2cc3cc(Br)ccc3o2)ccc1OCc1ccc2c(c1)OCO2. The number of carbonyl (C=O) groups is 1. The fraction of sp³-hybridized carbons (Fsp3) is 0.154. The van der Waals surface area contributed by atoms with E-state index in [0.29, 0.717) is 36.0 Å². The van der Waals surface area contributed by atoms with Gasteiger partial charge in [0.2, 0.25) is 6.79 Å². The van der Waals surface area contributed by atoms with Gasteiger partial charge >= 0.3 is 5.91 Å². The van der Waals surface area contributed by atoms with Crippen LogP contribution in [0.15, 0.2) is 74.7 Å². The first-order valence-electron chi connectivity index (χ1n) is 10.9.